The van der Waals surface area contributed by atoms with Crippen molar-refractivity contribution >= 4 is 5.91 Å². The lowest BCUT2D eigenvalue weighted by Crippen LogP contribution is -2.21. The second-order valence-corrected chi connectivity index (χ2v) is 6.53. The summed E-state index contributed by atoms with van der Waals surface area (Å²) in [6.07, 6.45) is 3.16. The normalized spacial score (nSPS) is 10.7. The molecule has 8 nitrogen and oxygen atoms in total. The summed E-state index contributed by atoms with van der Waals surface area (Å²) < 4.78 is 5.69. The van der Waals surface area contributed by atoms with E-state index < -0.39 is 0 Å². The highest BCUT2D eigenvalue weighted by molar-refractivity contribution is 5.94. The molecule has 4 rings (SSSR count). The number of benzene rings is 2. The number of carbonyl (C=O) groups excluding carboxylic acids is 1. The van der Waals surface area contributed by atoms with Gasteiger partial charge in [0.25, 0.3) is 11.8 Å². The lowest BCUT2D eigenvalue weighted by molar-refractivity contribution is 0.0827. The van der Waals surface area contributed by atoms with E-state index in [0.717, 1.165) is 5.56 Å². The first kappa shape index (κ1) is 18.3. The van der Waals surface area contributed by atoms with Crippen LogP contribution in [0.25, 0.3) is 34.3 Å². The fraction of sp³-hybridized carbons (Fsp3) is 0.0952. The summed E-state index contributed by atoms with van der Waals surface area (Å²) in [6, 6.07) is 13.7. The third-order valence-corrected chi connectivity index (χ3v) is 4.21. The molecular formula is C21H17N5O3. The Labute approximate surface area is 166 Å². The first-order valence-corrected chi connectivity index (χ1v) is 8.78. The zero-order chi connectivity index (χ0) is 20.4. The zero-order valence-electron chi connectivity index (χ0n) is 15.8. The van der Waals surface area contributed by atoms with Crippen LogP contribution in [0.3, 0.4) is 0 Å². The molecule has 4 aromatic rings. The molecule has 0 radical (unpaired) electrons. The minimum absolute atomic E-state index is 0.0678. The van der Waals surface area contributed by atoms with Crippen LogP contribution < -0.4 is 0 Å². The van der Waals surface area contributed by atoms with Crippen LogP contribution in [0.1, 0.15) is 10.4 Å². The topological polar surface area (TPSA) is 105 Å². The Bertz CT molecular complexity index is 1170. The quantitative estimate of drug-likeness (QED) is 0.573. The van der Waals surface area contributed by atoms with Crippen molar-refractivity contribution in [3.05, 3.63) is 66.5 Å². The minimum atomic E-state index is -0.0678. The van der Waals surface area contributed by atoms with E-state index >= 15 is 0 Å². The van der Waals surface area contributed by atoms with Crippen LogP contribution in [0, 0.1) is 0 Å². The molecule has 2 aromatic heterocycles. The van der Waals surface area contributed by atoms with Crippen molar-refractivity contribution in [1.82, 2.24) is 25.1 Å². The van der Waals surface area contributed by atoms with Gasteiger partial charge in [0.05, 0.1) is 18.1 Å². The summed E-state index contributed by atoms with van der Waals surface area (Å²) >= 11 is 0. The molecule has 29 heavy (non-hydrogen) atoms. The fourth-order valence-electron chi connectivity index (χ4n) is 2.73. The summed E-state index contributed by atoms with van der Waals surface area (Å²) in [7, 11) is 3.42. The van der Waals surface area contributed by atoms with E-state index in [2.05, 4.69) is 20.2 Å². The molecule has 2 heterocycles. The molecule has 1 N–H and O–H groups in total. The number of aromatic nitrogens is 4. The molecule has 144 valence electrons. The molecule has 0 saturated carbocycles. The lowest BCUT2D eigenvalue weighted by atomic mass is 10.1. The van der Waals surface area contributed by atoms with Crippen LogP contribution >= 0.6 is 0 Å². The predicted molar refractivity (Wildman–Crippen MR) is 106 cm³/mol. The highest BCUT2D eigenvalue weighted by Crippen LogP contribution is 2.26. The fourth-order valence-corrected chi connectivity index (χ4v) is 2.73. The molecule has 0 unspecified atom stereocenters. The molecule has 0 aliphatic heterocycles. The number of hydrogen-bond donors (Lipinski definition) is 1. The summed E-state index contributed by atoms with van der Waals surface area (Å²) in [4.78, 5) is 22.3. The van der Waals surface area contributed by atoms with Gasteiger partial charge in [-0.15, -0.1) is 10.2 Å². The minimum Gasteiger partial charge on any atom is -0.508 e. The van der Waals surface area contributed by atoms with E-state index in [0.29, 0.717) is 22.5 Å². The standard InChI is InChI=1S/C21H17N5O3/c1-26(2)21(28)14-8-6-13(7-9-14)17-11-22-12-18(23-17)20-25-24-19(29-20)15-4-3-5-16(27)10-15/h3-12,27H,1-2H3. The van der Waals surface area contributed by atoms with Crippen LogP contribution in [0.2, 0.25) is 0 Å². The van der Waals surface area contributed by atoms with Crippen molar-refractivity contribution in [3.63, 3.8) is 0 Å². The smallest absolute Gasteiger partial charge is 0.268 e. The highest BCUT2D eigenvalue weighted by Gasteiger charge is 2.14. The Balaban J connectivity index is 1.62. The van der Waals surface area contributed by atoms with Gasteiger partial charge in [-0.2, -0.15) is 0 Å². The van der Waals surface area contributed by atoms with Gasteiger partial charge in [0.15, 0.2) is 0 Å². The van der Waals surface area contributed by atoms with Gasteiger partial charge in [0.1, 0.15) is 11.4 Å². The average molecular weight is 387 g/mol. The van der Waals surface area contributed by atoms with Gasteiger partial charge >= 0.3 is 0 Å². The van der Waals surface area contributed by atoms with Crippen LogP contribution in [0.4, 0.5) is 0 Å². The maximum Gasteiger partial charge on any atom is 0.268 e. The molecule has 0 aliphatic carbocycles. The van der Waals surface area contributed by atoms with E-state index in [-0.39, 0.29) is 23.4 Å². The number of hydrogen-bond acceptors (Lipinski definition) is 7. The molecule has 0 saturated heterocycles. The summed E-state index contributed by atoms with van der Waals surface area (Å²) in [5, 5.41) is 17.7. The van der Waals surface area contributed by atoms with Gasteiger partial charge < -0.3 is 14.4 Å². The monoisotopic (exact) mass is 387 g/mol. The molecule has 0 aliphatic rings. The maximum atomic E-state index is 12.0. The van der Waals surface area contributed by atoms with Crippen molar-refractivity contribution in [3.8, 4) is 40.0 Å². The van der Waals surface area contributed by atoms with E-state index in [1.165, 1.54) is 17.2 Å². The Morgan fingerprint density at radius 3 is 2.38 bits per heavy atom. The highest BCUT2D eigenvalue weighted by atomic mass is 16.4. The van der Waals surface area contributed by atoms with E-state index in [1.807, 2.05) is 12.1 Å². The number of carbonyl (C=O) groups is 1. The summed E-state index contributed by atoms with van der Waals surface area (Å²) in [5.41, 5.74) is 3.05. The van der Waals surface area contributed by atoms with Gasteiger partial charge in [-0.3, -0.25) is 9.78 Å². The van der Waals surface area contributed by atoms with Crippen LogP contribution in [0.15, 0.2) is 65.3 Å². The maximum absolute atomic E-state index is 12.0. The Morgan fingerprint density at radius 2 is 1.66 bits per heavy atom. The predicted octanol–water partition coefficient (Wildman–Crippen LogP) is 3.27. The number of phenolic OH excluding ortho intramolecular Hbond substituents is 1. The molecule has 0 fully saturated rings. The number of nitrogens with zero attached hydrogens (tertiary/aromatic N) is 5. The molecule has 8 heteroatoms. The lowest BCUT2D eigenvalue weighted by Gasteiger charge is -2.10. The van der Waals surface area contributed by atoms with Crippen LogP contribution in [-0.4, -0.2) is 50.2 Å². The third-order valence-electron chi connectivity index (χ3n) is 4.21. The second kappa shape index (κ2) is 7.51. The molecule has 2 aromatic carbocycles. The number of amides is 1. The third kappa shape index (κ3) is 3.81. The Morgan fingerprint density at radius 1 is 0.931 bits per heavy atom. The largest absolute Gasteiger partial charge is 0.508 e. The molecule has 0 atom stereocenters. The van der Waals surface area contributed by atoms with Crippen LogP contribution in [0.5, 0.6) is 5.75 Å². The second-order valence-electron chi connectivity index (χ2n) is 6.53. The van der Waals surface area contributed by atoms with E-state index in [4.69, 9.17) is 4.42 Å². The Hall–Kier alpha value is -4.07. The van der Waals surface area contributed by atoms with E-state index in [1.54, 1.807) is 50.6 Å². The molecular weight excluding hydrogens is 370 g/mol. The van der Waals surface area contributed by atoms with E-state index in [9.17, 15) is 9.90 Å². The van der Waals surface area contributed by atoms with Gasteiger partial charge in [-0.05, 0) is 30.3 Å². The number of phenols is 1. The molecule has 1 amide bonds. The average Bonchev–Trinajstić information content (AvgIpc) is 3.24. The van der Waals surface area contributed by atoms with Crippen molar-refractivity contribution in [2.24, 2.45) is 0 Å². The zero-order valence-corrected chi connectivity index (χ0v) is 15.8. The van der Waals surface area contributed by atoms with Gasteiger partial charge in [0, 0.05) is 30.8 Å². The van der Waals surface area contributed by atoms with Crippen molar-refractivity contribution in [2.75, 3.05) is 14.1 Å². The Kier molecular flexibility index (Phi) is 4.74. The van der Waals surface area contributed by atoms with Gasteiger partial charge in [0.2, 0.25) is 5.89 Å². The van der Waals surface area contributed by atoms with Crippen molar-refractivity contribution in [2.45, 2.75) is 0 Å². The van der Waals surface area contributed by atoms with Crippen molar-refractivity contribution in [1.29, 1.82) is 0 Å². The number of rotatable bonds is 4. The van der Waals surface area contributed by atoms with Crippen molar-refractivity contribution < 1.29 is 14.3 Å². The van der Waals surface area contributed by atoms with Crippen LogP contribution in [-0.2, 0) is 0 Å². The first-order valence-electron chi connectivity index (χ1n) is 8.78. The molecule has 0 spiro atoms. The van der Waals surface area contributed by atoms with Gasteiger partial charge in [-0.25, -0.2) is 4.98 Å². The summed E-state index contributed by atoms with van der Waals surface area (Å²) in [6.45, 7) is 0. The van der Waals surface area contributed by atoms with Gasteiger partial charge in [-0.1, -0.05) is 18.2 Å². The first-order chi connectivity index (χ1) is 14.0. The molecule has 0 bridgehead atoms. The number of aromatic hydroxyl groups is 1. The summed E-state index contributed by atoms with van der Waals surface area (Å²) in [5.74, 6) is 0.536. The SMILES string of the molecule is CN(C)C(=O)c1ccc(-c2cncc(-c3nnc(-c4cccc(O)c4)o3)n2)cc1.